The highest BCUT2D eigenvalue weighted by Crippen LogP contribution is 2.39. The van der Waals surface area contributed by atoms with Gasteiger partial charge in [-0.05, 0) is 24.3 Å². The summed E-state index contributed by atoms with van der Waals surface area (Å²) >= 11 is 0. The van der Waals surface area contributed by atoms with Gasteiger partial charge >= 0.3 is 5.97 Å². The molecule has 1 saturated carbocycles. The van der Waals surface area contributed by atoms with Crippen molar-refractivity contribution in [3.05, 3.63) is 33.6 Å². The average molecular weight is 296 g/mol. The van der Waals surface area contributed by atoms with E-state index >= 15 is 0 Å². The highest BCUT2D eigenvalue weighted by atomic mass is 19.1. The molecule has 0 aromatic heterocycles. The first-order chi connectivity index (χ1) is 9.72. The van der Waals surface area contributed by atoms with Gasteiger partial charge in [-0.25, -0.2) is 9.18 Å². The third-order valence-electron chi connectivity index (χ3n) is 4.10. The van der Waals surface area contributed by atoms with Crippen LogP contribution in [0, 0.1) is 21.3 Å². The summed E-state index contributed by atoms with van der Waals surface area (Å²) in [6, 6.07) is 1.67. The number of carboxylic acid groups (broad SMARTS) is 1. The maximum atomic E-state index is 14.0. The van der Waals surface area contributed by atoms with Crippen molar-refractivity contribution < 1.29 is 19.2 Å². The third-order valence-corrected chi connectivity index (χ3v) is 4.10. The lowest BCUT2D eigenvalue weighted by atomic mass is 9.87. The molecule has 2 N–H and O–H groups in total. The molecule has 0 spiro atoms. The Balaban J connectivity index is 2.39. The van der Waals surface area contributed by atoms with E-state index in [0.29, 0.717) is 6.07 Å². The van der Waals surface area contributed by atoms with Gasteiger partial charge < -0.3 is 10.4 Å². The summed E-state index contributed by atoms with van der Waals surface area (Å²) in [4.78, 5) is 21.0. The number of aromatic carboxylic acids is 1. The van der Waals surface area contributed by atoms with Crippen molar-refractivity contribution in [1.82, 2.24) is 0 Å². The highest BCUT2D eigenvalue weighted by molar-refractivity contribution is 5.93. The van der Waals surface area contributed by atoms with E-state index in [2.05, 4.69) is 19.2 Å². The zero-order valence-electron chi connectivity index (χ0n) is 11.9. The fourth-order valence-electron chi connectivity index (χ4n) is 2.78. The van der Waals surface area contributed by atoms with Crippen LogP contribution >= 0.6 is 0 Å². The summed E-state index contributed by atoms with van der Waals surface area (Å²) in [5, 5.41) is 22.8. The van der Waals surface area contributed by atoms with Crippen LogP contribution in [0.1, 0.15) is 43.5 Å². The summed E-state index contributed by atoms with van der Waals surface area (Å²) in [7, 11) is 0. The summed E-state index contributed by atoms with van der Waals surface area (Å²) in [6.07, 6.45) is 2.85. The Kier molecular flexibility index (Phi) is 3.85. The van der Waals surface area contributed by atoms with Crippen molar-refractivity contribution in [2.24, 2.45) is 5.41 Å². The van der Waals surface area contributed by atoms with E-state index < -0.39 is 28.0 Å². The maximum Gasteiger partial charge on any atom is 0.342 e. The van der Waals surface area contributed by atoms with Crippen LogP contribution < -0.4 is 5.32 Å². The lowest BCUT2D eigenvalue weighted by Gasteiger charge is -2.29. The van der Waals surface area contributed by atoms with Crippen LogP contribution in [0.25, 0.3) is 0 Å². The quantitative estimate of drug-likeness (QED) is 0.656. The van der Waals surface area contributed by atoms with Crippen LogP contribution in [0.15, 0.2) is 12.1 Å². The molecule has 0 aliphatic heterocycles. The number of halogens is 1. The first-order valence-corrected chi connectivity index (χ1v) is 6.70. The van der Waals surface area contributed by atoms with Gasteiger partial charge in [0.2, 0.25) is 0 Å². The van der Waals surface area contributed by atoms with E-state index in [1.807, 2.05) is 0 Å². The number of carbonyl (C=O) groups is 1. The van der Waals surface area contributed by atoms with Crippen molar-refractivity contribution in [3.8, 4) is 0 Å². The molecule has 1 aliphatic rings. The molecule has 0 amide bonds. The molecule has 0 bridgehead atoms. The van der Waals surface area contributed by atoms with Crippen LogP contribution in [0.5, 0.6) is 0 Å². The Morgan fingerprint density at radius 1 is 1.52 bits per heavy atom. The number of rotatable bonds is 4. The number of carboxylic acids is 1. The molecule has 114 valence electrons. The number of benzene rings is 1. The van der Waals surface area contributed by atoms with E-state index in [9.17, 15) is 19.3 Å². The standard InChI is InChI=1S/C14H17FN2O4/c1-14(2)5-3-4-12(14)16-10-6-8(13(18)19)11(17(20)21)7-9(10)15/h6-7,12,16H,3-5H2,1-2H3,(H,18,19). The first-order valence-electron chi connectivity index (χ1n) is 6.70. The number of nitrogens with zero attached hydrogens (tertiary/aromatic N) is 1. The molecular formula is C14H17FN2O4. The molecule has 0 radical (unpaired) electrons. The van der Waals surface area contributed by atoms with Gasteiger partial charge in [-0.3, -0.25) is 10.1 Å². The number of anilines is 1. The van der Waals surface area contributed by atoms with Gasteiger partial charge in [0.15, 0.2) is 5.82 Å². The van der Waals surface area contributed by atoms with Crippen LogP contribution in [0.4, 0.5) is 15.8 Å². The van der Waals surface area contributed by atoms with E-state index in [0.717, 1.165) is 25.3 Å². The zero-order chi connectivity index (χ0) is 15.8. The molecule has 2 rings (SSSR count). The molecule has 0 heterocycles. The van der Waals surface area contributed by atoms with Crippen LogP contribution in [-0.4, -0.2) is 22.0 Å². The second kappa shape index (κ2) is 5.31. The van der Waals surface area contributed by atoms with E-state index in [1.54, 1.807) is 0 Å². The Hall–Kier alpha value is -2.18. The van der Waals surface area contributed by atoms with Crippen LogP contribution in [-0.2, 0) is 0 Å². The molecule has 6 nitrogen and oxygen atoms in total. The summed E-state index contributed by atoms with van der Waals surface area (Å²) in [5.74, 6) is -2.26. The van der Waals surface area contributed by atoms with Gasteiger partial charge in [0.05, 0.1) is 16.7 Å². The predicted molar refractivity (Wildman–Crippen MR) is 75.1 cm³/mol. The van der Waals surface area contributed by atoms with Crippen molar-refractivity contribution >= 4 is 17.3 Å². The van der Waals surface area contributed by atoms with Crippen LogP contribution in [0.2, 0.25) is 0 Å². The minimum absolute atomic E-state index is 0.00187. The lowest BCUT2D eigenvalue weighted by molar-refractivity contribution is -0.385. The van der Waals surface area contributed by atoms with Gasteiger partial charge in [-0.15, -0.1) is 0 Å². The lowest BCUT2D eigenvalue weighted by Crippen LogP contribution is -2.31. The zero-order valence-corrected chi connectivity index (χ0v) is 11.9. The second-order valence-electron chi connectivity index (χ2n) is 5.99. The highest BCUT2D eigenvalue weighted by Gasteiger charge is 2.35. The van der Waals surface area contributed by atoms with Crippen molar-refractivity contribution in [2.45, 2.75) is 39.2 Å². The fourth-order valence-corrected chi connectivity index (χ4v) is 2.78. The number of nitrogens with one attached hydrogen (secondary N) is 1. The van der Waals surface area contributed by atoms with Gasteiger partial charge in [-0.2, -0.15) is 0 Å². The summed E-state index contributed by atoms with van der Waals surface area (Å²) < 4.78 is 14.0. The summed E-state index contributed by atoms with van der Waals surface area (Å²) in [5.41, 5.74) is -1.29. The van der Waals surface area contributed by atoms with Crippen molar-refractivity contribution in [2.75, 3.05) is 5.32 Å². The third kappa shape index (κ3) is 2.96. The molecule has 21 heavy (non-hydrogen) atoms. The van der Waals surface area contributed by atoms with Gasteiger partial charge in [0.25, 0.3) is 5.69 Å². The first kappa shape index (κ1) is 15.2. The topological polar surface area (TPSA) is 92.5 Å². The minimum atomic E-state index is -1.45. The molecule has 7 heteroatoms. The number of nitro groups is 1. The van der Waals surface area contributed by atoms with Gasteiger partial charge in [-0.1, -0.05) is 20.3 Å². The van der Waals surface area contributed by atoms with Crippen molar-refractivity contribution in [1.29, 1.82) is 0 Å². The minimum Gasteiger partial charge on any atom is -0.477 e. The molecule has 1 fully saturated rings. The number of nitro benzene ring substituents is 1. The number of hydrogen-bond donors (Lipinski definition) is 2. The Bertz CT molecular complexity index is 601. The number of hydrogen-bond acceptors (Lipinski definition) is 4. The average Bonchev–Trinajstić information content (AvgIpc) is 2.70. The van der Waals surface area contributed by atoms with Crippen molar-refractivity contribution in [3.63, 3.8) is 0 Å². The molecular weight excluding hydrogens is 279 g/mol. The Morgan fingerprint density at radius 2 is 2.19 bits per heavy atom. The van der Waals surface area contributed by atoms with Gasteiger partial charge in [0, 0.05) is 6.04 Å². The molecule has 1 unspecified atom stereocenters. The van der Waals surface area contributed by atoms with E-state index in [1.165, 1.54) is 0 Å². The summed E-state index contributed by atoms with van der Waals surface area (Å²) in [6.45, 7) is 4.11. The monoisotopic (exact) mass is 296 g/mol. The SMILES string of the molecule is CC1(C)CCCC1Nc1cc(C(=O)O)c([N+](=O)[O-])cc1F. The fraction of sp³-hybridized carbons (Fsp3) is 0.500. The molecule has 1 atom stereocenters. The Labute approximate surface area is 121 Å². The maximum absolute atomic E-state index is 14.0. The smallest absolute Gasteiger partial charge is 0.342 e. The predicted octanol–water partition coefficient (Wildman–Crippen LogP) is 3.42. The van der Waals surface area contributed by atoms with E-state index in [-0.39, 0.29) is 17.1 Å². The van der Waals surface area contributed by atoms with Crippen LogP contribution in [0.3, 0.4) is 0 Å². The molecule has 1 aromatic rings. The van der Waals surface area contributed by atoms with Gasteiger partial charge in [0.1, 0.15) is 5.56 Å². The normalized spacial score (nSPS) is 20.2. The molecule has 0 saturated heterocycles. The second-order valence-corrected chi connectivity index (χ2v) is 5.99. The molecule has 1 aliphatic carbocycles. The Morgan fingerprint density at radius 3 is 2.67 bits per heavy atom. The largest absolute Gasteiger partial charge is 0.477 e. The van der Waals surface area contributed by atoms with E-state index in [4.69, 9.17) is 5.11 Å². The molecule has 1 aromatic carbocycles.